The van der Waals surface area contributed by atoms with Crippen molar-refractivity contribution >= 4 is 11.6 Å². The van der Waals surface area contributed by atoms with Crippen LogP contribution in [0.4, 0.5) is 5.69 Å². The molecule has 4 rings (SSSR count). The molecule has 2 heterocycles. The Morgan fingerprint density at radius 3 is 2.33 bits per heavy atom. The smallest absolute Gasteiger partial charge is 0.258 e. The van der Waals surface area contributed by atoms with Gasteiger partial charge < -0.3 is 18.9 Å². The van der Waals surface area contributed by atoms with E-state index in [4.69, 9.17) is 14.0 Å². The predicted octanol–water partition coefficient (Wildman–Crippen LogP) is 4.40. The molecule has 30 heavy (non-hydrogen) atoms. The Balaban J connectivity index is 1.54. The van der Waals surface area contributed by atoms with Crippen molar-refractivity contribution in [1.82, 2.24) is 10.1 Å². The third-order valence-corrected chi connectivity index (χ3v) is 5.40. The zero-order valence-electron chi connectivity index (χ0n) is 17.6. The normalized spacial score (nSPS) is 16.4. The Morgan fingerprint density at radius 1 is 1.07 bits per heavy atom. The highest BCUT2D eigenvalue weighted by Crippen LogP contribution is 2.33. The topological polar surface area (TPSA) is 77.7 Å². The van der Waals surface area contributed by atoms with Gasteiger partial charge in [0.15, 0.2) is 5.82 Å². The van der Waals surface area contributed by atoms with Crippen LogP contribution in [-0.4, -0.2) is 36.8 Å². The number of benzene rings is 2. The molecule has 0 spiro atoms. The third kappa shape index (κ3) is 3.87. The molecule has 0 bridgehead atoms. The maximum absolute atomic E-state index is 12.6. The first-order chi connectivity index (χ1) is 14.5. The van der Waals surface area contributed by atoms with Crippen LogP contribution < -0.4 is 14.4 Å². The first-order valence-electron chi connectivity index (χ1n) is 9.96. The minimum atomic E-state index is -0.118. The minimum Gasteiger partial charge on any atom is -0.497 e. The molecule has 1 unspecified atom stereocenters. The fraction of sp³-hybridized carbons (Fsp3) is 0.348. The van der Waals surface area contributed by atoms with Crippen LogP contribution in [0.1, 0.15) is 43.5 Å². The maximum atomic E-state index is 12.6. The molecule has 1 fully saturated rings. The van der Waals surface area contributed by atoms with Gasteiger partial charge in [0.2, 0.25) is 5.91 Å². The molecule has 156 valence electrons. The van der Waals surface area contributed by atoms with Crippen LogP contribution in [0.3, 0.4) is 0 Å². The van der Waals surface area contributed by atoms with E-state index in [1.807, 2.05) is 24.3 Å². The van der Waals surface area contributed by atoms with Gasteiger partial charge in [-0.15, -0.1) is 0 Å². The summed E-state index contributed by atoms with van der Waals surface area (Å²) in [7, 11) is 3.18. The molecule has 1 atom stereocenters. The van der Waals surface area contributed by atoms with Gasteiger partial charge in [0.1, 0.15) is 11.5 Å². The summed E-state index contributed by atoms with van der Waals surface area (Å²) in [5, 5.41) is 4.14. The van der Waals surface area contributed by atoms with Gasteiger partial charge in [0, 0.05) is 36.2 Å². The molecular formula is C23H25N3O4. The summed E-state index contributed by atoms with van der Waals surface area (Å²) >= 11 is 0. The summed E-state index contributed by atoms with van der Waals surface area (Å²) in [6, 6.07) is 13.5. The molecule has 3 aromatic rings. The number of hydrogen-bond acceptors (Lipinski definition) is 6. The Bertz CT molecular complexity index is 1020. The number of ether oxygens (including phenoxy) is 2. The molecule has 7 heteroatoms. The van der Waals surface area contributed by atoms with Crippen molar-refractivity contribution in [3.63, 3.8) is 0 Å². The van der Waals surface area contributed by atoms with Crippen molar-refractivity contribution in [3.05, 3.63) is 53.9 Å². The molecule has 0 N–H and O–H groups in total. The van der Waals surface area contributed by atoms with E-state index < -0.39 is 0 Å². The Hall–Kier alpha value is -3.35. The van der Waals surface area contributed by atoms with Crippen LogP contribution in [-0.2, 0) is 4.79 Å². The Labute approximate surface area is 175 Å². The predicted molar refractivity (Wildman–Crippen MR) is 113 cm³/mol. The molecule has 0 aliphatic carbocycles. The molecule has 1 amide bonds. The van der Waals surface area contributed by atoms with Gasteiger partial charge in [-0.1, -0.05) is 31.1 Å². The summed E-state index contributed by atoms with van der Waals surface area (Å²) in [6.45, 7) is 4.83. The standard InChI is InChI=1S/C23H25N3O4/c1-14(2)15-5-7-18(8-6-15)26-13-17(11-21(26)27)22-24-23(30-25-22)16-9-19(28-3)12-20(10-16)29-4/h5-10,12,14,17H,11,13H2,1-4H3. The van der Waals surface area contributed by atoms with Gasteiger partial charge in [0.05, 0.1) is 14.2 Å². The summed E-state index contributed by atoms with van der Waals surface area (Å²) in [6.07, 6.45) is 0.354. The molecule has 0 saturated carbocycles. The second kappa shape index (κ2) is 8.18. The fourth-order valence-electron chi connectivity index (χ4n) is 3.62. The summed E-state index contributed by atoms with van der Waals surface area (Å²) in [4.78, 5) is 19.0. The lowest BCUT2D eigenvalue weighted by atomic mass is 10.0. The quantitative estimate of drug-likeness (QED) is 0.603. The lowest BCUT2D eigenvalue weighted by Gasteiger charge is -2.17. The number of hydrogen-bond donors (Lipinski definition) is 0. The van der Waals surface area contributed by atoms with E-state index in [2.05, 4.69) is 36.1 Å². The van der Waals surface area contributed by atoms with Gasteiger partial charge in [-0.3, -0.25) is 4.79 Å². The van der Waals surface area contributed by atoms with E-state index in [9.17, 15) is 4.79 Å². The maximum Gasteiger partial charge on any atom is 0.258 e. The lowest BCUT2D eigenvalue weighted by Crippen LogP contribution is -2.24. The van der Waals surface area contributed by atoms with Crippen molar-refractivity contribution in [2.45, 2.75) is 32.1 Å². The average Bonchev–Trinajstić information content (AvgIpc) is 3.40. The van der Waals surface area contributed by atoms with Crippen LogP contribution in [0.15, 0.2) is 47.0 Å². The van der Waals surface area contributed by atoms with Crippen LogP contribution in [0.25, 0.3) is 11.5 Å². The number of methoxy groups -OCH3 is 2. The first-order valence-corrected chi connectivity index (χ1v) is 9.96. The number of rotatable bonds is 6. The number of aromatic nitrogens is 2. The summed E-state index contributed by atoms with van der Waals surface area (Å²) < 4.78 is 16.1. The van der Waals surface area contributed by atoms with Gasteiger partial charge in [-0.2, -0.15) is 4.98 Å². The molecule has 2 aromatic carbocycles. The first kappa shape index (κ1) is 19.9. The van der Waals surface area contributed by atoms with Crippen LogP contribution in [0, 0.1) is 0 Å². The average molecular weight is 407 g/mol. The highest BCUT2D eigenvalue weighted by Gasteiger charge is 2.34. The number of amides is 1. The zero-order chi connectivity index (χ0) is 21.3. The lowest BCUT2D eigenvalue weighted by molar-refractivity contribution is -0.117. The van der Waals surface area contributed by atoms with E-state index >= 15 is 0 Å². The molecule has 1 aliphatic heterocycles. The van der Waals surface area contributed by atoms with Gasteiger partial charge >= 0.3 is 0 Å². The van der Waals surface area contributed by atoms with Gasteiger partial charge in [0.25, 0.3) is 5.89 Å². The molecule has 0 radical (unpaired) electrons. The molecule has 1 aromatic heterocycles. The number of nitrogens with zero attached hydrogens (tertiary/aromatic N) is 3. The van der Waals surface area contributed by atoms with Crippen molar-refractivity contribution < 1.29 is 18.8 Å². The molecule has 1 saturated heterocycles. The zero-order valence-corrected chi connectivity index (χ0v) is 17.6. The summed E-state index contributed by atoms with van der Waals surface area (Å²) in [5.41, 5.74) is 2.85. The monoisotopic (exact) mass is 407 g/mol. The molecule has 1 aliphatic rings. The number of carbonyl (C=O) groups is 1. The Morgan fingerprint density at radius 2 is 1.73 bits per heavy atom. The van der Waals surface area contributed by atoms with Crippen molar-refractivity contribution in [2.75, 3.05) is 25.7 Å². The second-order valence-corrected chi connectivity index (χ2v) is 7.71. The van der Waals surface area contributed by atoms with Gasteiger partial charge in [-0.25, -0.2) is 0 Å². The number of anilines is 1. The van der Waals surface area contributed by atoms with E-state index in [-0.39, 0.29) is 11.8 Å². The van der Waals surface area contributed by atoms with Crippen LogP contribution >= 0.6 is 0 Å². The SMILES string of the molecule is COc1cc(OC)cc(-c2nc(C3CC(=O)N(c4ccc(C(C)C)cc4)C3)no2)c1. The molecule has 7 nitrogen and oxygen atoms in total. The van der Waals surface area contributed by atoms with E-state index in [0.717, 1.165) is 5.69 Å². The van der Waals surface area contributed by atoms with Crippen LogP contribution in [0.2, 0.25) is 0 Å². The second-order valence-electron chi connectivity index (χ2n) is 7.71. The van der Waals surface area contributed by atoms with E-state index in [1.165, 1.54) is 5.56 Å². The van der Waals surface area contributed by atoms with Crippen LogP contribution in [0.5, 0.6) is 11.5 Å². The van der Waals surface area contributed by atoms with E-state index in [0.29, 0.717) is 47.7 Å². The Kier molecular flexibility index (Phi) is 5.44. The fourth-order valence-corrected chi connectivity index (χ4v) is 3.62. The van der Waals surface area contributed by atoms with Crippen molar-refractivity contribution in [2.24, 2.45) is 0 Å². The van der Waals surface area contributed by atoms with Gasteiger partial charge in [-0.05, 0) is 35.7 Å². The highest BCUT2D eigenvalue weighted by molar-refractivity contribution is 5.96. The minimum absolute atomic E-state index is 0.0618. The largest absolute Gasteiger partial charge is 0.497 e. The number of carbonyl (C=O) groups excluding carboxylic acids is 1. The van der Waals surface area contributed by atoms with Crippen molar-refractivity contribution in [1.29, 1.82) is 0 Å². The third-order valence-electron chi connectivity index (χ3n) is 5.40. The summed E-state index contributed by atoms with van der Waals surface area (Å²) in [5.74, 6) is 2.57. The highest BCUT2D eigenvalue weighted by atomic mass is 16.5. The van der Waals surface area contributed by atoms with Crippen molar-refractivity contribution in [3.8, 4) is 23.0 Å². The molecular weight excluding hydrogens is 382 g/mol. The van der Waals surface area contributed by atoms with E-state index in [1.54, 1.807) is 25.2 Å².